The third kappa shape index (κ3) is 3.14. The Hall–Kier alpha value is -2.70. The zero-order valence-electron chi connectivity index (χ0n) is 13.3. The standard InChI is InChI=1S/C19H16N2O3S/c22-14(10-21-12-20-18-16(19(21)23)8-9-25-18)11-24-17-7-3-5-13-4-1-2-6-15(13)17/h1-9,12,14,22H,10-11H2. The molecule has 4 aromatic rings. The van der Waals surface area contributed by atoms with Crippen LogP contribution < -0.4 is 10.3 Å². The van der Waals surface area contributed by atoms with Gasteiger partial charge < -0.3 is 9.84 Å². The number of hydrogen-bond acceptors (Lipinski definition) is 5. The Morgan fingerprint density at radius 1 is 1.12 bits per heavy atom. The Morgan fingerprint density at radius 2 is 1.96 bits per heavy atom. The lowest BCUT2D eigenvalue weighted by molar-refractivity contribution is 0.0922. The van der Waals surface area contributed by atoms with Crippen molar-refractivity contribution in [1.82, 2.24) is 9.55 Å². The number of ether oxygens (including phenoxy) is 1. The Balaban J connectivity index is 1.49. The lowest BCUT2D eigenvalue weighted by Gasteiger charge is -2.15. The Morgan fingerprint density at radius 3 is 2.88 bits per heavy atom. The highest BCUT2D eigenvalue weighted by Gasteiger charge is 2.11. The van der Waals surface area contributed by atoms with Crippen LogP contribution in [0.2, 0.25) is 0 Å². The van der Waals surface area contributed by atoms with Crippen LogP contribution in [0, 0.1) is 0 Å². The predicted molar refractivity (Wildman–Crippen MR) is 99.3 cm³/mol. The number of hydrogen-bond donors (Lipinski definition) is 1. The molecule has 0 bridgehead atoms. The van der Waals surface area contributed by atoms with Gasteiger partial charge in [0.25, 0.3) is 5.56 Å². The molecule has 0 saturated heterocycles. The third-order valence-corrected chi connectivity index (χ3v) is 4.86. The fourth-order valence-electron chi connectivity index (χ4n) is 2.81. The van der Waals surface area contributed by atoms with Crippen molar-refractivity contribution < 1.29 is 9.84 Å². The maximum absolute atomic E-state index is 12.4. The molecule has 25 heavy (non-hydrogen) atoms. The van der Waals surface area contributed by atoms with Gasteiger partial charge in [-0.2, -0.15) is 0 Å². The van der Waals surface area contributed by atoms with Crippen LogP contribution in [0.3, 0.4) is 0 Å². The second-order valence-electron chi connectivity index (χ2n) is 5.78. The van der Waals surface area contributed by atoms with Crippen molar-refractivity contribution in [2.45, 2.75) is 12.6 Å². The van der Waals surface area contributed by atoms with Gasteiger partial charge in [0.05, 0.1) is 18.3 Å². The van der Waals surface area contributed by atoms with E-state index in [2.05, 4.69) is 4.98 Å². The molecule has 0 fully saturated rings. The SMILES string of the molecule is O=c1c2ccsc2ncn1CC(O)COc1cccc2ccccc12. The summed E-state index contributed by atoms with van der Waals surface area (Å²) in [6.45, 7) is 0.241. The normalized spacial score (nSPS) is 12.5. The number of aliphatic hydroxyl groups excluding tert-OH is 1. The largest absolute Gasteiger partial charge is 0.490 e. The summed E-state index contributed by atoms with van der Waals surface area (Å²) in [7, 11) is 0. The summed E-state index contributed by atoms with van der Waals surface area (Å²) in [5.74, 6) is 0.718. The van der Waals surface area contributed by atoms with Gasteiger partial charge in [-0.15, -0.1) is 11.3 Å². The van der Waals surface area contributed by atoms with Crippen molar-refractivity contribution in [3.8, 4) is 5.75 Å². The van der Waals surface area contributed by atoms with Crippen LogP contribution >= 0.6 is 11.3 Å². The molecule has 6 heteroatoms. The van der Waals surface area contributed by atoms with Crippen LogP contribution in [0.5, 0.6) is 5.75 Å². The molecule has 4 rings (SSSR count). The van der Waals surface area contributed by atoms with Gasteiger partial charge in [-0.3, -0.25) is 9.36 Å². The Bertz CT molecular complexity index is 1080. The molecule has 1 unspecified atom stereocenters. The minimum absolute atomic E-state index is 0.0993. The predicted octanol–water partition coefficient (Wildman–Crippen LogP) is 3.05. The molecule has 0 radical (unpaired) electrons. The van der Waals surface area contributed by atoms with Crippen molar-refractivity contribution in [3.05, 3.63) is 70.6 Å². The van der Waals surface area contributed by atoms with Crippen LogP contribution in [-0.2, 0) is 6.54 Å². The van der Waals surface area contributed by atoms with Gasteiger partial charge in [-0.05, 0) is 22.9 Å². The van der Waals surface area contributed by atoms with Crippen molar-refractivity contribution in [2.75, 3.05) is 6.61 Å². The Kier molecular flexibility index (Phi) is 4.21. The van der Waals surface area contributed by atoms with Crippen molar-refractivity contribution in [3.63, 3.8) is 0 Å². The first-order chi connectivity index (χ1) is 12.2. The lowest BCUT2D eigenvalue weighted by atomic mass is 10.1. The molecule has 2 aromatic heterocycles. The number of thiophene rings is 1. The minimum atomic E-state index is -0.811. The molecular formula is C19H16N2O3S. The summed E-state index contributed by atoms with van der Waals surface area (Å²) < 4.78 is 7.20. The topological polar surface area (TPSA) is 64.4 Å². The van der Waals surface area contributed by atoms with E-state index in [1.54, 1.807) is 6.07 Å². The second kappa shape index (κ2) is 6.66. The summed E-state index contributed by atoms with van der Waals surface area (Å²) in [4.78, 5) is 17.3. The van der Waals surface area contributed by atoms with E-state index in [1.165, 1.54) is 22.2 Å². The number of nitrogens with zero attached hydrogens (tertiary/aromatic N) is 2. The highest BCUT2D eigenvalue weighted by molar-refractivity contribution is 7.16. The number of benzene rings is 2. The van der Waals surface area contributed by atoms with Crippen LogP contribution in [0.4, 0.5) is 0 Å². The fraction of sp³-hybridized carbons (Fsp3) is 0.158. The molecule has 1 atom stereocenters. The lowest BCUT2D eigenvalue weighted by Crippen LogP contribution is -2.30. The number of aromatic nitrogens is 2. The summed E-state index contributed by atoms with van der Waals surface area (Å²) >= 11 is 1.43. The molecule has 1 N–H and O–H groups in total. The van der Waals surface area contributed by atoms with Gasteiger partial charge in [0.2, 0.25) is 0 Å². The first-order valence-electron chi connectivity index (χ1n) is 7.93. The molecular weight excluding hydrogens is 336 g/mol. The highest BCUT2D eigenvalue weighted by atomic mass is 32.1. The smallest absolute Gasteiger partial charge is 0.262 e. The quantitative estimate of drug-likeness (QED) is 0.600. The average Bonchev–Trinajstić information content (AvgIpc) is 3.12. The molecule has 0 spiro atoms. The maximum Gasteiger partial charge on any atom is 0.262 e. The van der Waals surface area contributed by atoms with Gasteiger partial charge in [0, 0.05) is 5.39 Å². The summed E-state index contributed by atoms with van der Waals surface area (Å²) in [6.07, 6.45) is 0.664. The van der Waals surface area contributed by atoms with Gasteiger partial charge >= 0.3 is 0 Å². The summed E-state index contributed by atoms with van der Waals surface area (Å²) in [5.41, 5.74) is -0.143. The van der Waals surface area contributed by atoms with E-state index in [0.717, 1.165) is 16.5 Å². The van der Waals surface area contributed by atoms with Gasteiger partial charge in [-0.25, -0.2) is 4.98 Å². The molecule has 0 aliphatic heterocycles. The van der Waals surface area contributed by atoms with E-state index >= 15 is 0 Å². The number of aliphatic hydroxyl groups is 1. The van der Waals surface area contributed by atoms with Crippen molar-refractivity contribution >= 4 is 32.3 Å². The molecule has 126 valence electrons. The fourth-order valence-corrected chi connectivity index (χ4v) is 3.53. The zero-order valence-corrected chi connectivity index (χ0v) is 14.1. The van der Waals surface area contributed by atoms with E-state index < -0.39 is 6.10 Å². The van der Waals surface area contributed by atoms with Crippen LogP contribution in [0.25, 0.3) is 21.0 Å². The number of rotatable bonds is 5. The first kappa shape index (κ1) is 15.8. The summed E-state index contributed by atoms with van der Waals surface area (Å²) in [6, 6.07) is 15.5. The monoisotopic (exact) mass is 352 g/mol. The number of fused-ring (bicyclic) bond motifs is 2. The van der Waals surface area contributed by atoms with E-state index in [-0.39, 0.29) is 18.7 Å². The molecule has 2 heterocycles. The third-order valence-electron chi connectivity index (χ3n) is 4.04. The average molecular weight is 352 g/mol. The van der Waals surface area contributed by atoms with Crippen molar-refractivity contribution in [2.24, 2.45) is 0 Å². The molecule has 0 aliphatic carbocycles. The van der Waals surface area contributed by atoms with E-state index in [9.17, 15) is 9.90 Å². The van der Waals surface area contributed by atoms with E-state index in [1.807, 2.05) is 47.8 Å². The van der Waals surface area contributed by atoms with Crippen molar-refractivity contribution in [1.29, 1.82) is 0 Å². The van der Waals surface area contributed by atoms with Crippen LogP contribution in [0.15, 0.2) is 65.0 Å². The molecule has 2 aromatic carbocycles. The zero-order chi connectivity index (χ0) is 17.2. The molecule has 0 amide bonds. The van der Waals surface area contributed by atoms with Gasteiger partial charge in [0.1, 0.15) is 23.3 Å². The maximum atomic E-state index is 12.4. The van der Waals surface area contributed by atoms with Gasteiger partial charge in [-0.1, -0.05) is 36.4 Å². The molecule has 0 aliphatic rings. The first-order valence-corrected chi connectivity index (χ1v) is 8.81. The van der Waals surface area contributed by atoms with E-state index in [4.69, 9.17) is 4.74 Å². The minimum Gasteiger partial charge on any atom is -0.490 e. The molecule has 5 nitrogen and oxygen atoms in total. The Labute approximate surface area is 147 Å². The summed E-state index contributed by atoms with van der Waals surface area (Å²) in [5, 5.41) is 14.8. The molecule has 0 saturated carbocycles. The second-order valence-corrected chi connectivity index (χ2v) is 6.68. The van der Waals surface area contributed by atoms with E-state index in [0.29, 0.717) is 10.2 Å². The van der Waals surface area contributed by atoms with Gasteiger partial charge in [0.15, 0.2) is 0 Å². The van der Waals surface area contributed by atoms with Crippen LogP contribution in [-0.4, -0.2) is 27.4 Å². The highest BCUT2D eigenvalue weighted by Crippen LogP contribution is 2.25. The van der Waals surface area contributed by atoms with Crippen LogP contribution in [0.1, 0.15) is 0 Å².